The molecule has 0 bridgehead atoms. The van der Waals surface area contributed by atoms with Gasteiger partial charge in [0.2, 0.25) is 0 Å². The summed E-state index contributed by atoms with van der Waals surface area (Å²) in [6, 6.07) is 16.8. The van der Waals surface area contributed by atoms with E-state index in [9.17, 15) is 0 Å². The van der Waals surface area contributed by atoms with Crippen molar-refractivity contribution in [1.82, 2.24) is 0 Å². The fourth-order valence-corrected chi connectivity index (χ4v) is 3.05. The van der Waals surface area contributed by atoms with E-state index in [0.29, 0.717) is 0 Å². The summed E-state index contributed by atoms with van der Waals surface area (Å²) in [4.78, 5) is 0. The molecule has 0 aliphatic rings. The van der Waals surface area contributed by atoms with Gasteiger partial charge in [-0.05, 0) is 35.1 Å². The summed E-state index contributed by atoms with van der Waals surface area (Å²) in [6.45, 7) is 8.71. The monoisotopic (exact) mass is 331 g/mol. The van der Waals surface area contributed by atoms with Crippen LogP contribution in [0.1, 0.15) is 44.4 Å². The van der Waals surface area contributed by atoms with Gasteiger partial charge in [0, 0.05) is 4.47 Å². The predicted molar refractivity (Wildman–Crippen MR) is 89.9 cm³/mol. The van der Waals surface area contributed by atoms with Crippen molar-refractivity contribution in [1.29, 1.82) is 0 Å². The molecule has 1 atom stereocenters. The largest absolute Gasteiger partial charge is 0.318 e. The molecule has 2 aromatic carbocycles. The second-order valence-electron chi connectivity index (χ2n) is 6.51. The van der Waals surface area contributed by atoms with E-state index in [1.807, 2.05) is 18.2 Å². The maximum atomic E-state index is 6.59. The minimum absolute atomic E-state index is 0.164. The topological polar surface area (TPSA) is 26.0 Å². The summed E-state index contributed by atoms with van der Waals surface area (Å²) < 4.78 is 1.05. The van der Waals surface area contributed by atoms with Gasteiger partial charge < -0.3 is 5.73 Å². The normalized spacial score (nSPS) is 14.9. The fourth-order valence-electron chi connectivity index (χ4n) is 2.35. The van der Waals surface area contributed by atoms with Crippen LogP contribution in [0.5, 0.6) is 0 Å². The number of rotatable bonds is 2. The second-order valence-corrected chi connectivity index (χ2v) is 7.36. The first-order chi connectivity index (χ1) is 9.23. The first-order valence-electron chi connectivity index (χ1n) is 6.88. The van der Waals surface area contributed by atoms with Crippen molar-refractivity contribution in [3.63, 3.8) is 0 Å². The van der Waals surface area contributed by atoms with Crippen LogP contribution in [-0.2, 0) is 11.0 Å². The van der Waals surface area contributed by atoms with Crippen molar-refractivity contribution in [2.24, 2.45) is 5.73 Å². The van der Waals surface area contributed by atoms with Gasteiger partial charge in [0.05, 0.1) is 5.54 Å². The van der Waals surface area contributed by atoms with Crippen molar-refractivity contribution < 1.29 is 0 Å². The second kappa shape index (κ2) is 5.34. The third-order valence-electron chi connectivity index (χ3n) is 3.78. The molecule has 0 aliphatic heterocycles. The average Bonchev–Trinajstić information content (AvgIpc) is 2.38. The standard InChI is InChI=1S/C18H22BrN/c1-17(2,3)13-9-11-14(12-10-13)18(4,20)15-7-5-6-8-16(15)19/h5-12H,20H2,1-4H3. The van der Waals surface area contributed by atoms with E-state index in [0.717, 1.165) is 15.6 Å². The van der Waals surface area contributed by atoms with Gasteiger partial charge in [-0.25, -0.2) is 0 Å². The molecule has 20 heavy (non-hydrogen) atoms. The summed E-state index contributed by atoms with van der Waals surface area (Å²) in [5, 5.41) is 0. The van der Waals surface area contributed by atoms with Gasteiger partial charge >= 0.3 is 0 Å². The Balaban J connectivity index is 2.43. The van der Waals surface area contributed by atoms with Gasteiger partial charge in [-0.1, -0.05) is 79.2 Å². The van der Waals surface area contributed by atoms with Gasteiger partial charge in [-0.2, -0.15) is 0 Å². The number of hydrogen-bond acceptors (Lipinski definition) is 1. The molecule has 2 N–H and O–H groups in total. The van der Waals surface area contributed by atoms with Gasteiger partial charge in [0.1, 0.15) is 0 Å². The van der Waals surface area contributed by atoms with E-state index in [-0.39, 0.29) is 5.41 Å². The number of nitrogens with two attached hydrogens (primary N) is 1. The molecular weight excluding hydrogens is 310 g/mol. The maximum Gasteiger partial charge on any atom is 0.0647 e. The van der Waals surface area contributed by atoms with Gasteiger partial charge in [-0.15, -0.1) is 0 Å². The molecule has 0 amide bonds. The zero-order chi connectivity index (χ0) is 15.0. The van der Waals surface area contributed by atoms with Gasteiger partial charge in [0.15, 0.2) is 0 Å². The summed E-state index contributed by atoms with van der Waals surface area (Å²) in [7, 11) is 0. The Morgan fingerprint density at radius 2 is 1.30 bits per heavy atom. The van der Waals surface area contributed by atoms with Crippen LogP contribution < -0.4 is 5.73 Å². The summed E-state index contributed by atoms with van der Waals surface area (Å²) >= 11 is 3.60. The number of halogens is 1. The minimum Gasteiger partial charge on any atom is -0.318 e. The highest BCUT2D eigenvalue weighted by molar-refractivity contribution is 9.10. The highest BCUT2D eigenvalue weighted by Gasteiger charge is 2.26. The average molecular weight is 332 g/mol. The van der Waals surface area contributed by atoms with Crippen LogP contribution in [0.2, 0.25) is 0 Å². The maximum absolute atomic E-state index is 6.59. The summed E-state index contributed by atoms with van der Waals surface area (Å²) in [6.07, 6.45) is 0. The van der Waals surface area contributed by atoms with Crippen LogP contribution in [-0.4, -0.2) is 0 Å². The molecule has 0 aromatic heterocycles. The van der Waals surface area contributed by atoms with Crippen LogP contribution >= 0.6 is 15.9 Å². The molecular formula is C18H22BrN. The Morgan fingerprint density at radius 1 is 0.800 bits per heavy atom. The third kappa shape index (κ3) is 2.97. The zero-order valence-electron chi connectivity index (χ0n) is 12.6. The number of hydrogen-bond donors (Lipinski definition) is 1. The Labute approximate surface area is 130 Å². The van der Waals surface area contributed by atoms with Crippen LogP contribution in [0.4, 0.5) is 0 Å². The van der Waals surface area contributed by atoms with Crippen molar-refractivity contribution >= 4 is 15.9 Å². The van der Waals surface area contributed by atoms with E-state index >= 15 is 0 Å². The van der Waals surface area contributed by atoms with Crippen LogP contribution in [0.15, 0.2) is 53.0 Å². The van der Waals surface area contributed by atoms with Crippen LogP contribution in [0, 0.1) is 0 Å². The lowest BCUT2D eigenvalue weighted by Gasteiger charge is -2.28. The van der Waals surface area contributed by atoms with Crippen LogP contribution in [0.25, 0.3) is 0 Å². The smallest absolute Gasteiger partial charge is 0.0647 e. The van der Waals surface area contributed by atoms with E-state index in [1.54, 1.807) is 0 Å². The Hall–Kier alpha value is -1.12. The first-order valence-corrected chi connectivity index (χ1v) is 7.67. The molecule has 0 aliphatic carbocycles. The molecule has 0 spiro atoms. The van der Waals surface area contributed by atoms with Gasteiger partial charge in [-0.3, -0.25) is 0 Å². The minimum atomic E-state index is -0.503. The van der Waals surface area contributed by atoms with Crippen LogP contribution in [0.3, 0.4) is 0 Å². The molecule has 0 saturated heterocycles. The lowest BCUT2D eigenvalue weighted by atomic mass is 9.82. The molecule has 106 valence electrons. The lowest BCUT2D eigenvalue weighted by molar-refractivity contribution is 0.581. The Bertz CT molecular complexity index is 592. The lowest BCUT2D eigenvalue weighted by Crippen LogP contribution is -2.34. The molecule has 0 heterocycles. The molecule has 1 nitrogen and oxygen atoms in total. The highest BCUT2D eigenvalue weighted by atomic mass is 79.9. The first kappa shape index (κ1) is 15.3. The molecule has 0 fully saturated rings. The van der Waals surface area contributed by atoms with E-state index in [2.05, 4.69) is 74.0 Å². The van der Waals surface area contributed by atoms with Gasteiger partial charge in [0.25, 0.3) is 0 Å². The quantitative estimate of drug-likeness (QED) is 0.826. The fraction of sp³-hybridized carbons (Fsp3) is 0.333. The molecule has 2 aromatic rings. The van der Waals surface area contributed by atoms with Crippen molar-refractivity contribution in [3.8, 4) is 0 Å². The molecule has 2 heteroatoms. The summed E-state index contributed by atoms with van der Waals surface area (Å²) in [5.74, 6) is 0. The number of benzene rings is 2. The molecule has 0 saturated carbocycles. The molecule has 0 radical (unpaired) electrons. The zero-order valence-corrected chi connectivity index (χ0v) is 14.2. The Kier molecular flexibility index (Phi) is 4.08. The SMILES string of the molecule is CC(C)(C)c1ccc(C(C)(N)c2ccccc2Br)cc1. The predicted octanol–water partition coefficient (Wildman–Crippen LogP) is 4.97. The Morgan fingerprint density at radius 3 is 1.80 bits per heavy atom. The summed E-state index contributed by atoms with van der Waals surface area (Å²) in [5.41, 5.74) is 9.80. The van der Waals surface area contributed by atoms with E-state index in [1.165, 1.54) is 5.56 Å². The third-order valence-corrected chi connectivity index (χ3v) is 4.48. The van der Waals surface area contributed by atoms with Crippen molar-refractivity contribution in [2.45, 2.75) is 38.6 Å². The van der Waals surface area contributed by atoms with E-state index < -0.39 is 5.54 Å². The molecule has 2 rings (SSSR count). The van der Waals surface area contributed by atoms with E-state index in [4.69, 9.17) is 5.73 Å². The van der Waals surface area contributed by atoms with Crippen molar-refractivity contribution in [3.05, 3.63) is 69.7 Å². The molecule has 1 unspecified atom stereocenters. The highest BCUT2D eigenvalue weighted by Crippen LogP contribution is 2.33. The van der Waals surface area contributed by atoms with Crippen molar-refractivity contribution in [2.75, 3.05) is 0 Å².